The average molecular weight is 269 g/mol. The van der Waals surface area contributed by atoms with Gasteiger partial charge in [0.05, 0.1) is 6.54 Å². The van der Waals surface area contributed by atoms with Crippen LogP contribution in [-0.4, -0.2) is 6.54 Å². The summed E-state index contributed by atoms with van der Waals surface area (Å²) in [5.74, 6) is 5.90. The van der Waals surface area contributed by atoms with Crippen molar-refractivity contribution in [1.82, 2.24) is 0 Å². The Hall–Kier alpha value is -2.31. The molecule has 0 radical (unpaired) electrons. The fraction of sp³-hybridized carbons (Fsp3) is 0.176. The summed E-state index contributed by atoms with van der Waals surface area (Å²) < 4.78 is 19.4. The van der Waals surface area contributed by atoms with Gasteiger partial charge in [-0.2, -0.15) is 0 Å². The Morgan fingerprint density at radius 2 is 1.90 bits per heavy atom. The molecule has 0 atom stereocenters. The first-order valence-electron chi connectivity index (χ1n) is 6.36. The highest BCUT2D eigenvalue weighted by Gasteiger charge is 2.04. The third-order valence-corrected chi connectivity index (χ3v) is 2.80. The van der Waals surface area contributed by atoms with Gasteiger partial charge in [0.2, 0.25) is 0 Å². The maximum Gasteiger partial charge on any atom is 0.131 e. The van der Waals surface area contributed by atoms with Crippen LogP contribution in [0.3, 0.4) is 0 Å². The predicted molar refractivity (Wildman–Crippen MR) is 77.8 cm³/mol. The highest BCUT2D eigenvalue weighted by atomic mass is 19.1. The molecule has 20 heavy (non-hydrogen) atoms. The van der Waals surface area contributed by atoms with Crippen LogP contribution in [0.2, 0.25) is 0 Å². The summed E-state index contributed by atoms with van der Waals surface area (Å²) in [5, 5.41) is 0. The van der Waals surface area contributed by atoms with E-state index in [1.807, 2.05) is 31.2 Å². The van der Waals surface area contributed by atoms with Crippen molar-refractivity contribution in [2.45, 2.75) is 13.5 Å². The van der Waals surface area contributed by atoms with Gasteiger partial charge < -0.3 is 10.5 Å². The van der Waals surface area contributed by atoms with E-state index in [9.17, 15) is 4.39 Å². The minimum absolute atomic E-state index is 0.194. The summed E-state index contributed by atoms with van der Waals surface area (Å²) in [6.45, 7) is 2.46. The zero-order valence-corrected chi connectivity index (χ0v) is 11.3. The molecule has 0 fully saturated rings. The fourth-order valence-electron chi connectivity index (χ4n) is 1.69. The first-order valence-corrected chi connectivity index (χ1v) is 6.36. The largest absolute Gasteiger partial charge is 0.489 e. The highest BCUT2D eigenvalue weighted by molar-refractivity contribution is 5.37. The van der Waals surface area contributed by atoms with E-state index in [-0.39, 0.29) is 19.0 Å². The summed E-state index contributed by atoms with van der Waals surface area (Å²) >= 11 is 0. The lowest BCUT2D eigenvalue weighted by molar-refractivity contribution is 0.300. The van der Waals surface area contributed by atoms with Crippen molar-refractivity contribution < 1.29 is 9.13 Å². The zero-order valence-electron chi connectivity index (χ0n) is 11.3. The molecule has 0 bridgehead atoms. The SMILES string of the molecule is Cc1ccc(OCc2ccc(C#CCN)cc2F)cc1. The van der Waals surface area contributed by atoms with Crippen LogP contribution in [-0.2, 0) is 6.61 Å². The van der Waals surface area contributed by atoms with E-state index in [4.69, 9.17) is 10.5 Å². The molecule has 0 saturated heterocycles. The number of halogens is 1. The summed E-state index contributed by atoms with van der Waals surface area (Å²) in [6, 6.07) is 12.5. The topological polar surface area (TPSA) is 35.2 Å². The summed E-state index contributed by atoms with van der Waals surface area (Å²) in [5.41, 5.74) is 7.56. The van der Waals surface area contributed by atoms with Crippen molar-refractivity contribution in [2.24, 2.45) is 5.73 Å². The number of hydrogen-bond donors (Lipinski definition) is 1. The Kier molecular flexibility index (Phi) is 4.75. The first-order chi connectivity index (χ1) is 9.69. The van der Waals surface area contributed by atoms with Crippen molar-refractivity contribution in [3.63, 3.8) is 0 Å². The van der Waals surface area contributed by atoms with E-state index >= 15 is 0 Å². The lowest BCUT2D eigenvalue weighted by Crippen LogP contribution is -1.99. The molecule has 0 aliphatic carbocycles. The van der Waals surface area contributed by atoms with Gasteiger partial charge in [-0.25, -0.2) is 4.39 Å². The third kappa shape index (κ3) is 3.84. The maximum atomic E-state index is 13.9. The molecule has 0 aliphatic heterocycles. The first kappa shape index (κ1) is 14.1. The molecule has 0 aliphatic rings. The number of aryl methyl sites for hydroxylation is 1. The van der Waals surface area contributed by atoms with Crippen molar-refractivity contribution in [2.75, 3.05) is 6.54 Å². The minimum Gasteiger partial charge on any atom is -0.489 e. The second kappa shape index (κ2) is 6.74. The monoisotopic (exact) mass is 269 g/mol. The molecular weight excluding hydrogens is 253 g/mol. The van der Waals surface area contributed by atoms with Crippen LogP contribution in [0.1, 0.15) is 16.7 Å². The molecule has 0 heterocycles. The zero-order chi connectivity index (χ0) is 14.4. The van der Waals surface area contributed by atoms with Gasteiger partial charge in [-0.3, -0.25) is 0 Å². The van der Waals surface area contributed by atoms with Crippen LogP contribution in [0.4, 0.5) is 4.39 Å². The Morgan fingerprint density at radius 1 is 1.15 bits per heavy atom. The maximum absolute atomic E-state index is 13.9. The minimum atomic E-state index is -0.319. The molecule has 0 unspecified atom stereocenters. The molecule has 0 spiro atoms. The van der Waals surface area contributed by atoms with Crippen molar-refractivity contribution in [1.29, 1.82) is 0 Å². The van der Waals surface area contributed by atoms with E-state index in [0.29, 0.717) is 11.1 Å². The number of nitrogens with two attached hydrogens (primary N) is 1. The van der Waals surface area contributed by atoms with Gasteiger partial charge in [0.15, 0.2) is 0 Å². The second-order valence-electron chi connectivity index (χ2n) is 4.41. The molecular formula is C17H16FNO. The molecule has 2 aromatic carbocycles. The predicted octanol–water partition coefficient (Wildman–Crippen LogP) is 3.02. The molecule has 0 aromatic heterocycles. The number of rotatable bonds is 3. The van der Waals surface area contributed by atoms with Crippen molar-refractivity contribution in [3.05, 3.63) is 65.0 Å². The second-order valence-corrected chi connectivity index (χ2v) is 4.41. The summed E-state index contributed by atoms with van der Waals surface area (Å²) in [7, 11) is 0. The van der Waals surface area contributed by atoms with Gasteiger partial charge in [-0.1, -0.05) is 35.6 Å². The quantitative estimate of drug-likeness (QED) is 0.869. The average Bonchev–Trinajstić information content (AvgIpc) is 2.46. The molecule has 0 amide bonds. The van der Waals surface area contributed by atoms with E-state index in [1.165, 1.54) is 6.07 Å². The van der Waals surface area contributed by atoms with Crippen LogP contribution >= 0.6 is 0 Å². The lowest BCUT2D eigenvalue weighted by Gasteiger charge is -2.07. The molecule has 2 N–H and O–H groups in total. The molecule has 3 heteroatoms. The van der Waals surface area contributed by atoms with Gasteiger partial charge in [0, 0.05) is 11.1 Å². The Labute approximate surface area is 118 Å². The van der Waals surface area contributed by atoms with Gasteiger partial charge in [0.1, 0.15) is 18.2 Å². The van der Waals surface area contributed by atoms with E-state index < -0.39 is 0 Å². The summed E-state index contributed by atoms with van der Waals surface area (Å²) in [6.07, 6.45) is 0. The smallest absolute Gasteiger partial charge is 0.131 e. The van der Waals surface area contributed by atoms with Crippen LogP contribution in [0.15, 0.2) is 42.5 Å². The van der Waals surface area contributed by atoms with Crippen molar-refractivity contribution in [3.8, 4) is 17.6 Å². The van der Waals surface area contributed by atoms with Crippen LogP contribution in [0, 0.1) is 24.6 Å². The Balaban J connectivity index is 2.04. The molecule has 2 aromatic rings. The Morgan fingerprint density at radius 3 is 2.55 bits per heavy atom. The van der Waals surface area contributed by atoms with E-state index in [2.05, 4.69) is 11.8 Å². The number of ether oxygens (including phenoxy) is 1. The van der Waals surface area contributed by atoms with Gasteiger partial charge in [-0.05, 0) is 31.2 Å². The standard InChI is InChI=1S/C17H16FNO/c1-13-4-8-16(9-5-13)20-12-15-7-6-14(3-2-10-19)11-17(15)18/h4-9,11H,10,12,19H2,1H3. The summed E-state index contributed by atoms with van der Waals surface area (Å²) in [4.78, 5) is 0. The van der Waals surface area contributed by atoms with E-state index in [1.54, 1.807) is 12.1 Å². The Bertz CT molecular complexity index is 638. The fourth-order valence-corrected chi connectivity index (χ4v) is 1.69. The lowest BCUT2D eigenvalue weighted by atomic mass is 10.1. The third-order valence-electron chi connectivity index (χ3n) is 2.80. The van der Waals surface area contributed by atoms with Crippen LogP contribution < -0.4 is 10.5 Å². The van der Waals surface area contributed by atoms with Gasteiger partial charge in [0.25, 0.3) is 0 Å². The normalized spacial score (nSPS) is 9.75. The highest BCUT2D eigenvalue weighted by Crippen LogP contribution is 2.16. The number of benzene rings is 2. The molecule has 0 saturated carbocycles. The number of hydrogen-bond acceptors (Lipinski definition) is 2. The molecule has 2 rings (SSSR count). The van der Waals surface area contributed by atoms with Crippen molar-refractivity contribution >= 4 is 0 Å². The van der Waals surface area contributed by atoms with Gasteiger partial charge >= 0.3 is 0 Å². The van der Waals surface area contributed by atoms with Crippen LogP contribution in [0.25, 0.3) is 0 Å². The van der Waals surface area contributed by atoms with Gasteiger partial charge in [-0.15, -0.1) is 0 Å². The molecule has 102 valence electrons. The van der Waals surface area contributed by atoms with E-state index in [0.717, 1.165) is 11.3 Å². The molecule has 2 nitrogen and oxygen atoms in total. The van der Waals surface area contributed by atoms with Crippen LogP contribution in [0.5, 0.6) is 5.75 Å².